The van der Waals surface area contributed by atoms with E-state index in [1.165, 1.54) is 0 Å². The summed E-state index contributed by atoms with van der Waals surface area (Å²) in [7, 11) is 1.64. The van der Waals surface area contributed by atoms with E-state index in [9.17, 15) is 4.79 Å². The fourth-order valence-electron chi connectivity index (χ4n) is 3.56. The van der Waals surface area contributed by atoms with Crippen molar-refractivity contribution in [1.82, 2.24) is 25.3 Å². The number of hydrogen-bond acceptors (Lipinski definition) is 4. The fraction of sp³-hybridized carbons (Fsp3) is 0.409. The highest BCUT2D eigenvalue weighted by atomic mass is 16.5. The minimum absolute atomic E-state index is 0.0871. The minimum atomic E-state index is -0.178. The molecule has 1 amide bonds. The Morgan fingerprint density at radius 1 is 1.24 bits per heavy atom. The molecule has 3 rings (SSSR count). The van der Waals surface area contributed by atoms with Gasteiger partial charge in [-0.2, -0.15) is 10.2 Å². The van der Waals surface area contributed by atoms with Crippen molar-refractivity contribution in [2.75, 3.05) is 7.11 Å². The fourth-order valence-corrected chi connectivity index (χ4v) is 3.56. The van der Waals surface area contributed by atoms with Crippen LogP contribution in [0.3, 0.4) is 0 Å². The third kappa shape index (κ3) is 4.34. The molecular weight excluding hydrogens is 366 g/mol. The van der Waals surface area contributed by atoms with Crippen molar-refractivity contribution in [3.8, 4) is 17.0 Å². The van der Waals surface area contributed by atoms with Crippen molar-refractivity contribution in [3.63, 3.8) is 0 Å². The van der Waals surface area contributed by atoms with Gasteiger partial charge in [-0.15, -0.1) is 0 Å². The van der Waals surface area contributed by atoms with Gasteiger partial charge in [-0.05, 0) is 50.5 Å². The van der Waals surface area contributed by atoms with Crippen LogP contribution in [0, 0.1) is 13.8 Å². The lowest BCUT2D eigenvalue weighted by Gasteiger charge is -2.17. The van der Waals surface area contributed by atoms with Gasteiger partial charge < -0.3 is 10.1 Å². The van der Waals surface area contributed by atoms with Gasteiger partial charge in [0.15, 0.2) is 0 Å². The van der Waals surface area contributed by atoms with Crippen LogP contribution in [0.25, 0.3) is 11.3 Å². The number of aromatic nitrogens is 4. The van der Waals surface area contributed by atoms with E-state index in [0.717, 1.165) is 53.3 Å². The standard InChI is InChI=1S/C22H29N5O2/c1-6-12-27-15(4)21(14(3)26-27)19-13-20(25-24-19)22(28)23-18(7-2)16-8-10-17(29-5)11-9-16/h8-11,13,18H,6-7,12H2,1-5H3,(H,23,28)(H,24,25). The van der Waals surface area contributed by atoms with Crippen LogP contribution in [0.15, 0.2) is 30.3 Å². The lowest BCUT2D eigenvalue weighted by atomic mass is 10.0. The number of nitrogens with zero attached hydrogens (tertiary/aromatic N) is 3. The molecule has 1 unspecified atom stereocenters. The molecule has 1 aromatic carbocycles. The summed E-state index contributed by atoms with van der Waals surface area (Å²) in [6.07, 6.45) is 1.79. The van der Waals surface area contributed by atoms with Crippen LogP contribution < -0.4 is 10.1 Å². The number of benzene rings is 1. The normalized spacial score (nSPS) is 12.0. The number of aromatic amines is 1. The molecule has 0 saturated heterocycles. The van der Waals surface area contributed by atoms with E-state index in [1.54, 1.807) is 13.2 Å². The molecule has 0 aliphatic rings. The van der Waals surface area contributed by atoms with Gasteiger partial charge in [0.05, 0.1) is 24.5 Å². The van der Waals surface area contributed by atoms with Gasteiger partial charge in [0.1, 0.15) is 11.4 Å². The number of methoxy groups -OCH3 is 1. The summed E-state index contributed by atoms with van der Waals surface area (Å²) in [5, 5.41) is 14.9. The predicted octanol–water partition coefficient (Wildman–Crippen LogP) is 4.19. The Morgan fingerprint density at radius 3 is 2.59 bits per heavy atom. The number of carbonyl (C=O) groups excluding carboxylic acids is 1. The number of H-pyrrole nitrogens is 1. The van der Waals surface area contributed by atoms with E-state index in [2.05, 4.69) is 27.5 Å². The molecule has 2 N–H and O–H groups in total. The summed E-state index contributed by atoms with van der Waals surface area (Å²) in [6.45, 7) is 9.04. The number of rotatable bonds is 8. The highest BCUT2D eigenvalue weighted by Crippen LogP contribution is 2.26. The number of carbonyl (C=O) groups is 1. The van der Waals surface area contributed by atoms with Gasteiger partial charge in [-0.3, -0.25) is 14.6 Å². The molecule has 0 spiro atoms. The first-order chi connectivity index (χ1) is 14.0. The molecule has 0 bridgehead atoms. The second-order valence-corrected chi connectivity index (χ2v) is 7.14. The van der Waals surface area contributed by atoms with Crippen molar-refractivity contribution in [2.24, 2.45) is 0 Å². The highest BCUT2D eigenvalue weighted by molar-refractivity contribution is 5.93. The summed E-state index contributed by atoms with van der Waals surface area (Å²) in [6, 6.07) is 9.45. The zero-order chi connectivity index (χ0) is 21.0. The number of ether oxygens (including phenoxy) is 1. The Labute approximate surface area is 171 Å². The second kappa shape index (κ2) is 8.94. The maximum Gasteiger partial charge on any atom is 0.269 e. The topological polar surface area (TPSA) is 84.8 Å². The Kier molecular flexibility index (Phi) is 6.36. The van der Waals surface area contributed by atoms with Gasteiger partial charge in [0, 0.05) is 17.8 Å². The third-order valence-electron chi connectivity index (χ3n) is 5.13. The number of amides is 1. The second-order valence-electron chi connectivity index (χ2n) is 7.14. The molecule has 0 aliphatic heterocycles. The van der Waals surface area contributed by atoms with E-state index in [1.807, 2.05) is 49.7 Å². The average molecular weight is 396 g/mol. The molecule has 0 saturated carbocycles. The van der Waals surface area contributed by atoms with Crippen molar-refractivity contribution in [3.05, 3.63) is 53.0 Å². The summed E-state index contributed by atoms with van der Waals surface area (Å²) in [5.41, 5.74) is 5.18. The van der Waals surface area contributed by atoms with Crippen LogP contribution in [-0.4, -0.2) is 33.0 Å². The van der Waals surface area contributed by atoms with Gasteiger partial charge in [-0.25, -0.2) is 0 Å². The Morgan fingerprint density at radius 2 is 1.97 bits per heavy atom. The molecule has 29 heavy (non-hydrogen) atoms. The maximum absolute atomic E-state index is 12.8. The van der Waals surface area contributed by atoms with E-state index in [-0.39, 0.29) is 11.9 Å². The van der Waals surface area contributed by atoms with Crippen LogP contribution in [0.5, 0.6) is 5.75 Å². The third-order valence-corrected chi connectivity index (χ3v) is 5.13. The van der Waals surface area contributed by atoms with Crippen LogP contribution >= 0.6 is 0 Å². The molecule has 7 nitrogen and oxygen atoms in total. The molecular formula is C22H29N5O2. The monoisotopic (exact) mass is 395 g/mol. The van der Waals surface area contributed by atoms with E-state index < -0.39 is 0 Å². The van der Waals surface area contributed by atoms with Gasteiger partial charge in [0.25, 0.3) is 5.91 Å². The van der Waals surface area contributed by atoms with Crippen molar-refractivity contribution in [1.29, 1.82) is 0 Å². The lowest BCUT2D eigenvalue weighted by molar-refractivity contribution is 0.0930. The number of hydrogen-bond donors (Lipinski definition) is 2. The quantitative estimate of drug-likeness (QED) is 0.599. The van der Waals surface area contributed by atoms with E-state index >= 15 is 0 Å². The molecule has 0 fully saturated rings. The van der Waals surface area contributed by atoms with Crippen LogP contribution in [0.1, 0.15) is 60.2 Å². The highest BCUT2D eigenvalue weighted by Gasteiger charge is 2.20. The minimum Gasteiger partial charge on any atom is -0.497 e. The summed E-state index contributed by atoms with van der Waals surface area (Å²) in [5.74, 6) is 0.616. The molecule has 7 heteroatoms. The molecule has 2 aromatic heterocycles. The summed E-state index contributed by atoms with van der Waals surface area (Å²) in [4.78, 5) is 12.8. The maximum atomic E-state index is 12.8. The molecule has 1 atom stereocenters. The van der Waals surface area contributed by atoms with Gasteiger partial charge >= 0.3 is 0 Å². The smallest absolute Gasteiger partial charge is 0.269 e. The molecule has 2 heterocycles. The van der Waals surface area contributed by atoms with Crippen LogP contribution in [0.4, 0.5) is 0 Å². The lowest BCUT2D eigenvalue weighted by Crippen LogP contribution is -2.28. The largest absolute Gasteiger partial charge is 0.497 e. The Balaban J connectivity index is 1.78. The first-order valence-corrected chi connectivity index (χ1v) is 10.0. The molecule has 3 aromatic rings. The summed E-state index contributed by atoms with van der Waals surface area (Å²) < 4.78 is 7.20. The Hall–Kier alpha value is -3.09. The molecule has 0 aliphatic carbocycles. The Bertz CT molecular complexity index is 972. The first-order valence-electron chi connectivity index (χ1n) is 10.0. The van der Waals surface area contributed by atoms with Gasteiger partial charge in [0.2, 0.25) is 0 Å². The predicted molar refractivity (Wildman–Crippen MR) is 113 cm³/mol. The van der Waals surface area contributed by atoms with Crippen molar-refractivity contribution >= 4 is 5.91 Å². The molecule has 0 radical (unpaired) electrons. The zero-order valence-corrected chi connectivity index (χ0v) is 17.7. The SMILES string of the molecule is CCCn1nc(C)c(-c2cc(C(=O)NC(CC)c3ccc(OC)cc3)[nH]n2)c1C. The van der Waals surface area contributed by atoms with Gasteiger partial charge in [-0.1, -0.05) is 26.0 Å². The van der Waals surface area contributed by atoms with Crippen LogP contribution in [-0.2, 0) is 6.54 Å². The number of aryl methyl sites for hydroxylation is 2. The zero-order valence-electron chi connectivity index (χ0n) is 17.7. The van der Waals surface area contributed by atoms with Crippen molar-refractivity contribution < 1.29 is 9.53 Å². The van der Waals surface area contributed by atoms with E-state index in [0.29, 0.717) is 5.69 Å². The average Bonchev–Trinajstić information content (AvgIpc) is 3.31. The number of nitrogens with one attached hydrogen (secondary N) is 2. The molecule has 154 valence electrons. The van der Waals surface area contributed by atoms with Crippen molar-refractivity contribution in [2.45, 2.75) is 53.1 Å². The first kappa shape index (κ1) is 20.6. The van der Waals surface area contributed by atoms with E-state index in [4.69, 9.17) is 4.74 Å². The summed E-state index contributed by atoms with van der Waals surface area (Å²) >= 11 is 0. The van der Waals surface area contributed by atoms with Crippen LogP contribution in [0.2, 0.25) is 0 Å².